The highest BCUT2D eigenvalue weighted by Gasteiger charge is 2.30. The van der Waals surface area contributed by atoms with Gasteiger partial charge in [-0.1, -0.05) is 19.9 Å². The van der Waals surface area contributed by atoms with Gasteiger partial charge in [0.25, 0.3) is 0 Å². The second-order valence-electron chi connectivity index (χ2n) is 4.92. The fourth-order valence-corrected chi connectivity index (χ4v) is 2.71. The highest BCUT2D eigenvalue weighted by molar-refractivity contribution is 7.99. The summed E-state index contributed by atoms with van der Waals surface area (Å²) in [5.74, 6) is 2.29. The molecule has 1 fully saturated rings. The van der Waals surface area contributed by atoms with Crippen molar-refractivity contribution in [2.45, 2.75) is 39.2 Å². The molecule has 0 spiro atoms. The summed E-state index contributed by atoms with van der Waals surface area (Å²) < 4.78 is 0. The van der Waals surface area contributed by atoms with E-state index in [9.17, 15) is 0 Å². The molecule has 0 aromatic heterocycles. The van der Waals surface area contributed by atoms with Gasteiger partial charge in [-0.25, -0.2) is 0 Å². The first-order valence-corrected chi connectivity index (χ1v) is 6.71. The zero-order valence-corrected chi connectivity index (χ0v) is 10.3. The summed E-state index contributed by atoms with van der Waals surface area (Å²) in [7, 11) is 0. The van der Waals surface area contributed by atoms with Crippen LogP contribution in [0.4, 0.5) is 0 Å². The molecule has 82 valence electrons. The Morgan fingerprint density at radius 3 is 2.93 bits per heavy atom. The minimum absolute atomic E-state index is 0.575. The van der Waals surface area contributed by atoms with E-state index in [4.69, 9.17) is 0 Å². The van der Waals surface area contributed by atoms with E-state index in [0.29, 0.717) is 5.41 Å². The molecular weight excluding hydrogens is 190 g/mol. The fourth-order valence-electron chi connectivity index (χ4n) is 2.11. The first kappa shape index (κ1) is 12.1. The fraction of sp³-hybridized carbons (Fsp3) is 0.833. The summed E-state index contributed by atoms with van der Waals surface area (Å²) >= 11 is 1.96. The van der Waals surface area contributed by atoms with Gasteiger partial charge in [0.15, 0.2) is 0 Å². The molecule has 14 heavy (non-hydrogen) atoms. The minimum Gasteiger partial charge on any atom is -0.313 e. The summed E-state index contributed by atoms with van der Waals surface area (Å²) in [4.78, 5) is 0. The Hall–Kier alpha value is 0.0500. The Balaban J connectivity index is 2.00. The molecule has 0 heterocycles. The molecule has 1 aliphatic rings. The number of rotatable bonds is 6. The summed E-state index contributed by atoms with van der Waals surface area (Å²) in [6.45, 7) is 9.62. The lowest BCUT2D eigenvalue weighted by Crippen LogP contribution is -2.29. The number of thioether (sulfide) groups is 1. The van der Waals surface area contributed by atoms with E-state index in [1.54, 1.807) is 0 Å². The summed E-state index contributed by atoms with van der Waals surface area (Å²) in [5, 5.41) is 3.64. The highest BCUT2D eigenvalue weighted by atomic mass is 32.2. The SMILES string of the molecule is C=CCSCCNC1CCC(C)(C)C1. The molecule has 1 rings (SSSR count). The van der Waals surface area contributed by atoms with Crippen LogP contribution >= 0.6 is 11.8 Å². The van der Waals surface area contributed by atoms with Crippen molar-refractivity contribution in [3.05, 3.63) is 12.7 Å². The molecular formula is C12H23NS. The Bertz CT molecular complexity index is 177. The summed E-state index contributed by atoms with van der Waals surface area (Å²) in [6, 6.07) is 0.773. The van der Waals surface area contributed by atoms with Crippen LogP contribution < -0.4 is 5.32 Å². The molecule has 0 bridgehead atoms. The van der Waals surface area contributed by atoms with E-state index in [1.165, 1.54) is 25.0 Å². The standard InChI is InChI=1S/C12H23NS/c1-4-8-14-9-7-13-11-5-6-12(2,3)10-11/h4,11,13H,1,5-10H2,2-3H3. The van der Waals surface area contributed by atoms with Crippen molar-refractivity contribution in [2.24, 2.45) is 5.41 Å². The molecule has 2 heteroatoms. The number of nitrogens with one attached hydrogen (secondary N) is 1. The molecule has 0 aromatic rings. The lowest BCUT2D eigenvalue weighted by molar-refractivity contribution is 0.366. The Morgan fingerprint density at radius 1 is 1.57 bits per heavy atom. The molecule has 0 amide bonds. The van der Waals surface area contributed by atoms with Gasteiger partial charge >= 0.3 is 0 Å². The second-order valence-corrected chi connectivity index (χ2v) is 6.07. The first-order chi connectivity index (χ1) is 6.64. The molecule has 1 atom stereocenters. The van der Waals surface area contributed by atoms with E-state index < -0.39 is 0 Å². The molecule has 0 aromatic carbocycles. The van der Waals surface area contributed by atoms with Crippen molar-refractivity contribution in [2.75, 3.05) is 18.1 Å². The Kier molecular flexibility index (Phi) is 5.04. The van der Waals surface area contributed by atoms with Crippen molar-refractivity contribution < 1.29 is 0 Å². The smallest absolute Gasteiger partial charge is 0.0111 e. The third-order valence-corrected chi connectivity index (χ3v) is 3.85. The van der Waals surface area contributed by atoms with Crippen LogP contribution in [0.1, 0.15) is 33.1 Å². The molecule has 0 aliphatic heterocycles. The van der Waals surface area contributed by atoms with E-state index in [-0.39, 0.29) is 0 Å². The predicted molar refractivity (Wildman–Crippen MR) is 66.9 cm³/mol. The molecule has 1 aliphatic carbocycles. The normalized spacial score (nSPS) is 25.1. The van der Waals surface area contributed by atoms with Gasteiger partial charge in [-0.3, -0.25) is 0 Å². The van der Waals surface area contributed by atoms with Crippen molar-refractivity contribution in [3.8, 4) is 0 Å². The third kappa shape index (κ3) is 4.52. The topological polar surface area (TPSA) is 12.0 Å². The van der Waals surface area contributed by atoms with Crippen LogP contribution in [-0.2, 0) is 0 Å². The van der Waals surface area contributed by atoms with E-state index >= 15 is 0 Å². The van der Waals surface area contributed by atoms with Crippen LogP contribution in [0.25, 0.3) is 0 Å². The van der Waals surface area contributed by atoms with Crippen LogP contribution in [0.3, 0.4) is 0 Å². The van der Waals surface area contributed by atoms with Crippen LogP contribution in [0.5, 0.6) is 0 Å². The second kappa shape index (κ2) is 5.82. The minimum atomic E-state index is 0.575. The van der Waals surface area contributed by atoms with Crippen LogP contribution in [0.2, 0.25) is 0 Å². The molecule has 0 radical (unpaired) electrons. The van der Waals surface area contributed by atoms with Crippen LogP contribution in [0, 0.1) is 5.41 Å². The lowest BCUT2D eigenvalue weighted by atomic mass is 9.92. The molecule has 1 saturated carbocycles. The zero-order valence-electron chi connectivity index (χ0n) is 9.51. The third-order valence-electron chi connectivity index (χ3n) is 2.88. The number of hydrogen-bond acceptors (Lipinski definition) is 2. The van der Waals surface area contributed by atoms with Gasteiger partial charge in [-0.2, -0.15) is 11.8 Å². The van der Waals surface area contributed by atoms with Crippen molar-refractivity contribution in [3.63, 3.8) is 0 Å². The molecule has 0 saturated heterocycles. The predicted octanol–water partition coefficient (Wildman–Crippen LogP) is 3.07. The Labute approximate surface area is 92.7 Å². The van der Waals surface area contributed by atoms with Gasteiger partial charge in [0.1, 0.15) is 0 Å². The van der Waals surface area contributed by atoms with E-state index in [2.05, 4.69) is 25.7 Å². The van der Waals surface area contributed by atoms with E-state index in [1.807, 2.05) is 17.8 Å². The van der Waals surface area contributed by atoms with Crippen molar-refractivity contribution >= 4 is 11.8 Å². The van der Waals surface area contributed by atoms with Gasteiger partial charge in [-0.05, 0) is 24.7 Å². The maximum Gasteiger partial charge on any atom is 0.0111 e. The van der Waals surface area contributed by atoms with Crippen molar-refractivity contribution in [1.82, 2.24) is 5.32 Å². The van der Waals surface area contributed by atoms with E-state index in [0.717, 1.165) is 18.3 Å². The van der Waals surface area contributed by atoms with Gasteiger partial charge in [0, 0.05) is 24.1 Å². The maximum atomic E-state index is 3.71. The lowest BCUT2D eigenvalue weighted by Gasteiger charge is -2.17. The first-order valence-electron chi connectivity index (χ1n) is 5.56. The summed E-state index contributed by atoms with van der Waals surface area (Å²) in [6.07, 6.45) is 6.06. The highest BCUT2D eigenvalue weighted by Crippen LogP contribution is 2.36. The van der Waals surface area contributed by atoms with Gasteiger partial charge in [0.05, 0.1) is 0 Å². The zero-order chi connectivity index (χ0) is 10.4. The van der Waals surface area contributed by atoms with Gasteiger partial charge < -0.3 is 5.32 Å². The average molecular weight is 213 g/mol. The molecule has 1 nitrogen and oxygen atoms in total. The molecule has 1 N–H and O–H groups in total. The Morgan fingerprint density at radius 2 is 2.36 bits per heavy atom. The van der Waals surface area contributed by atoms with Crippen molar-refractivity contribution in [1.29, 1.82) is 0 Å². The quantitative estimate of drug-likeness (QED) is 0.537. The largest absolute Gasteiger partial charge is 0.313 e. The monoisotopic (exact) mass is 213 g/mol. The maximum absolute atomic E-state index is 3.71. The van der Waals surface area contributed by atoms with Crippen LogP contribution in [-0.4, -0.2) is 24.1 Å². The number of hydrogen-bond donors (Lipinski definition) is 1. The van der Waals surface area contributed by atoms with Gasteiger partial charge in [0.2, 0.25) is 0 Å². The van der Waals surface area contributed by atoms with Gasteiger partial charge in [-0.15, -0.1) is 6.58 Å². The summed E-state index contributed by atoms with van der Waals surface area (Å²) in [5.41, 5.74) is 0.575. The molecule has 1 unspecified atom stereocenters. The average Bonchev–Trinajstić information content (AvgIpc) is 2.45. The van der Waals surface area contributed by atoms with Crippen LogP contribution in [0.15, 0.2) is 12.7 Å².